The Bertz CT molecular complexity index is 1160. The number of unbranched alkanes of at least 4 members (excludes halogenated alkanes) is 1. The Morgan fingerprint density at radius 1 is 1.14 bits per heavy atom. The molecule has 3 saturated heterocycles. The van der Waals surface area contributed by atoms with Crippen LogP contribution in [0.2, 0.25) is 0 Å². The fourth-order valence-corrected chi connectivity index (χ4v) is 5.49. The van der Waals surface area contributed by atoms with E-state index in [1.807, 2.05) is 11.0 Å². The summed E-state index contributed by atoms with van der Waals surface area (Å²) in [6, 6.07) is 11.4. The molecule has 1 amide bonds. The maximum absolute atomic E-state index is 12.8. The zero-order chi connectivity index (χ0) is 24.4. The van der Waals surface area contributed by atoms with E-state index < -0.39 is 0 Å². The van der Waals surface area contributed by atoms with Crippen LogP contribution >= 0.6 is 0 Å². The molecule has 3 aromatic rings. The molecule has 0 N–H and O–H groups in total. The first-order valence-corrected chi connectivity index (χ1v) is 13.1. The number of carbonyl (C=O) groups is 1. The van der Waals surface area contributed by atoms with Crippen molar-refractivity contribution in [2.45, 2.75) is 77.4 Å². The van der Waals surface area contributed by atoms with Crippen LogP contribution < -0.4 is 0 Å². The van der Waals surface area contributed by atoms with Gasteiger partial charge < -0.3 is 9.64 Å². The van der Waals surface area contributed by atoms with Crippen molar-refractivity contribution in [3.63, 3.8) is 0 Å². The summed E-state index contributed by atoms with van der Waals surface area (Å²) in [6.07, 6.45) is 8.80. The minimum Gasteiger partial charge on any atom is -0.449 e. The summed E-state index contributed by atoms with van der Waals surface area (Å²) in [5.41, 5.74) is 4.61. The summed E-state index contributed by atoms with van der Waals surface area (Å²) >= 11 is 0. The molecule has 3 aliphatic rings. The molecule has 0 aliphatic carbocycles. The molecule has 3 fully saturated rings. The summed E-state index contributed by atoms with van der Waals surface area (Å²) in [5, 5.41) is 0. The topological polar surface area (TPSA) is 63.0 Å². The van der Waals surface area contributed by atoms with Crippen LogP contribution in [0, 0.1) is 0 Å². The largest absolute Gasteiger partial charge is 0.449 e. The molecule has 0 saturated carbocycles. The molecule has 35 heavy (non-hydrogen) atoms. The van der Waals surface area contributed by atoms with Gasteiger partial charge in [-0.2, -0.15) is 0 Å². The second-order valence-corrected chi connectivity index (χ2v) is 10.2. The van der Waals surface area contributed by atoms with Crippen molar-refractivity contribution < 1.29 is 9.53 Å². The predicted molar refractivity (Wildman–Crippen MR) is 137 cm³/mol. The highest BCUT2D eigenvalue weighted by Crippen LogP contribution is 2.33. The molecule has 7 heteroatoms. The monoisotopic (exact) mass is 475 g/mol. The van der Waals surface area contributed by atoms with Gasteiger partial charge in [0.15, 0.2) is 0 Å². The van der Waals surface area contributed by atoms with Crippen molar-refractivity contribution in [3.05, 3.63) is 54.0 Å². The number of ether oxygens (including phenoxy) is 1. The van der Waals surface area contributed by atoms with Crippen LogP contribution in [0.3, 0.4) is 0 Å². The van der Waals surface area contributed by atoms with Gasteiger partial charge in [-0.25, -0.2) is 14.8 Å². The molecular formula is C28H37N5O2. The van der Waals surface area contributed by atoms with E-state index in [0.717, 1.165) is 74.5 Å². The van der Waals surface area contributed by atoms with Crippen LogP contribution in [-0.4, -0.2) is 62.0 Å². The second kappa shape index (κ2) is 10.4. The third kappa shape index (κ3) is 4.92. The van der Waals surface area contributed by atoms with Crippen LogP contribution in [-0.2, 0) is 11.3 Å². The molecule has 2 bridgehead atoms. The van der Waals surface area contributed by atoms with Gasteiger partial charge in [-0.15, -0.1) is 0 Å². The number of imidazole rings is 1. The molecule has 6 rings (SSSR count). The van der Waals surface area contributed by atoms with Gasteiger partial charge in [0.2, 0.25) is 5.78 Å². The Balaban J connectivity index is 1.41. The van der Waals surface area contributed by atoms with E-state index in [4.69, 9.17) is 9.72 Å². The van der Waals surface area contributed by atoms with Crippen molar-refractivity contribution in [2.24, 2.45) is 0 Å². The summed E-state index contributed by atoms with van der Waals surface area (Å²) in [4.78, 5) is 26.8. The van der Waals surface area contributed by atoms with Gasteiger partial charge in [0.1, 0.15) is 0 Å². The van der Waals surface area contributed by atoms with Crippen LogP contribution in [0.1, 0.15) is 70.1 Å². The van der Waals surface area contributed by atoms with Crippen molar-refractivity contribution in [1.29, 1.82) is 0 Å². The van der Waals surface area contributed by atoms with Crippen LogP contribution in [0.25, 0.3) is 17.0 Å². The van der Waals surface area contributed by atoms with Crippen molar-refractivity contribution >= 4 is 11.9 Å². The number of amides is 1. The number of aromatic nitrogens is 3. The van der Waals surface area contributed by atoms with Gasteiger partial charge in [-0.1, -0.05) is 51.5 Å². The quantitative estimate of drug-likeness (QED) is 0.423. The molecule has 0 radical (unpaired) electrons. The number of hydrogen-bond acceptors (Lipinski definition) is 5. The van der Waals surface area contributed by atoms with E-state index in [2.05, 4.69) is 65.5 Å². The lowest BCUT2D eigenvalue weighted by molar-refractivity contribution is 0.0684. The first-order chi connectivity index (χ1) is 17.0. The zero-order valence-electron chi connectivity index (χ0n) is 21.2. The lowest BCUT2D eigenvalue weighted by Crippen LogP contribution is -2.48. The average molecular weight is 476 g/mol. The fourth-order valence-electron chi connectivity index (χ4n) is 5.49. The maximum atomic E-state index is 12.8. The van der Waals surface area contributed by atoms with E-state index in [0.29, 0.717) is 18.6 Å². The number of nitrogens with zero attached hydrogens (tertiary/aromatic N) is 5. The number of carbonyl (C=O) groups excluding carboxylic acids is 1. The number of hydrogen-bond donors (Lipinski definition) is 0. The highest BCUT2D eigenvalue weighted by atomic mass is 16.6. The Labute approximate surface area is 208 Å². The minimum absolute atomic E-state index is 0.143. The van der Waals surface area contributed by atoms with E-state index in [9.17, 15) is 4.79 Å². The molecule has 5 heterocycles. The van der Waals surface area contributed by atoms with Gasteiger partial charge in [-0.05, 0) is 43.2 Å². The van der Waals surface area contributed by atoms with Crippen LogP contribution in [0.5, 0.6) is 0 Å². The van der Waals surface area contributed by atoms with Gasteiger partial charge in [-0.3, -0.25) is 9.30 Å². The lowest BCUT2D eigenvalue weighted by atomic mass is 9.97. The Kier molecular flexibility index (Phi) is 7.04. The van der Waals surface area contributed by atoms with Crippen LogP contribution in [0.4, 0.5) is 4.79 Å². The summed E-state index contributed by atoms with van der Waals surface area (Å²) in [6.45, 7) is 9.48. The third-order valence-corrected chi connectivity index (χ3v) is 7.60. The van der Waals surface area contributed by atoms with Crippen molar-refractivity contribution in [1.82, 2.24) is 24.2 Å². The van der Waals surface area contributed by atoms with Gasteiger partial charge >= 0.3 is 6.09 Å². The summed E-state index contributed by atoms with van der Waals surface area (Å²) < 4.78 is 7.70. The SMILES string of the molecule is CCCCOC(=O)N1CCC2CCC1CN2Cc1c(-c2ccc(C(C)C)cc2)nc2ncccn12. The van der Waals surface area contributed by atoms with E-state index in [-0.39, 0.29) is 12.1 Å². The Morgan fingerprint density at radius 3 is 2.71 bits per heavy atom. The molecule has 0 spiro atoms. The van der Waals surface area contributed by atoms with Gasteiger partial charge in [0.25, 0.3) is 0 Å². The molecule has 186 valence electrons. The van der Waals surface area contributed by atoms with E-state index in [1.165, 1.54) is 5.56 Å². The highest BCUT2D eigenvalue weighted by molar-refractivity contribution is 5.68. The molecule has 3 aliphatic heterocycles. The van der Waals surface area contributed by atoms with Gasteiger partial charge in [0.05, 0.1) is 18.0 Å². The van der Waals surface area contributed by atoms with Crippen molar-refractivity contribution in [3.8, 4) is 11.3 Å². The highest BCUT2D eigenvalue weighted by Gasteiger charge is 2.38. The second-order valence-electron chi connectivity index (χ2n) is 10.2. The predicted octanol–water partition coefficient (Wildman–Crippen LogP) is 5.50. The number of piperidine rings is 1. The molecule has 2 unspecified atom stereocenters. The molecular weight excluding hydrogens is 438 g/mol. The van der Waals surface area contributed by atoms with E-state index >= 15 is 0 Å². The third-order valence-electron chi connectivity index (χ3n) is 7.60. The number of rotatable bonds is 7. The number of benzene rings is 1. The first kappa shape index (κ1) is 23.8. The maximum Gasteiger partial charge on any atom is 0.410 e. The van der Waals surface area contributed by atoms with Crippen molar-refractivity contribution in [2.75, 3.05) is 19.7 Å². The van der Waals surface area contributed by atoms with Crippen LogP contribution in [0.15, 0.2) is 42.7 Å². The van der Waals surface area contributed by atoms with E-state index in [1.54, 1.807) is 6.20 Å². The summed E-state index contributed by atoms with van der Waals surface area (Å²) in [7, 11) is 0. The zero-order valence-corrected chi connectivity index (χ0v) is 21.2. The molecule has 2 atom stereocenters. The lowest BCUT2D eigenvalue weighted by Gasteiger charge is -2.38. The fraction of sp³-hybridized carbons (Fsp3) is 0.536. The van der Waals surface area contributed by atoms with Gasteiger partial charge in [0, 0.05) is 49.7 Å². The summed E-state index contributed by atoms with van der Waals surface area (Å²) in [5.74, 6) is 1.22. The first-order valence-electron chi connectivity index (χ1n) is 13.1. The standard InChI is InChI=1S/C28H37N5O2/c1-4-5-17-35-28(34)32-16-13-23-11-12-24(32)18-31(23)19-25-26(30-27-29-14-6-15-33(25)27)22-9-7-21(8-10-22)20(2)3/h6-10,14-15,20,23-24H,4-5,11-13,16-19H2,1-3H3. The normalized spacial score (nSPS) is 20.5. The number of fused-ring (bicyclic) bond motifs is 5. The Hall–Kier alpha value is -2.93. The average Bonchev–Trinajstić information content (AvgIpc) is 2.99. The molecule has 2 aromatic heterocycles. The Morgan fingerprint density at radius 2 is 1.94 bits per heavy atom. The molecule has 1 aromatic carbocycles. The smallest absolute Gasteiger partial charge is 0.410 e. The minimum atomic E-state index is -0.143. The molecule has 7 nitrogen and oxygen atoms in total.